The van der Waals surface area contributed by atoms with E-state index in [0.29, 0.717) is 13.2 Å². The van der Waals surface area contributed by atoms with Gasteiger partial charge in [0.2, 0.25) is 0 Å². The van der Waals surface area contributed by atoms with Gasteiger partial charge in [-0.3, -0.25) is 0 Å². The zero-order valence-electron chi connectivity index (χ0n) is 11.7. The molecule has 3 rings (SSSR count). The molecule has 4 heteroatoms. The number of fused-ring (bicyclic) bond motifs is 1. The summed E-state index contributed by atoms with van der Waals surface area (Å²) in [6, 6.07) is 12.1. The summed E-state index contributed by atoms with van der Waals surface area (Å²) in [7, 11) is 0. The maximum Gasteiger partial charge on any atom is 0.161 e. The minimum Gasteiger partial charge on any atom is -0.490 e. The third kappa shape index (κ3) is 3.19. The Morgan fingerprint density at radius 3 is 2.62 bits per heavy atom. The number of hydrogen-bond donors (Lipinski definition) is 0. The van der Waals surface area contributed by atoms with Crippen LogP contribution in [0.15, 0.2) is 40.9 Å². The van der Waals surface area contributed by atoms with E-state index in [4.69, 9.17) is 21.1 Å². The average molecular weight is 368 g/mol. The van der Waals surface area contributed by atoms with Gasteiger partial charge >= 0.3 is 0 Å². The molecule has 1 unspecified atom stereocenters. The van der Waals surface area contributed by atoms with E-state index in [2.05, 4.69) is 35.0 Å². The Morgan fingerprint density at radius 1 is 1.05 bits per heavy atom. The molecule has 2 nitrogen and oxygen atoms in total. The predicted molar refractivity (Wildman–Crippen MR) is 88.6 cm³/mol. The predicted octanol–water partition coefficient (Wildman–Crippen LogP) is 5.25. The second kappa shape index (κ2) is 6.29. The van der Waals surface area contributed by atoms with Crippen molar-refractivity contribution < 1.29 is 9.47 Å². The van der Waals surface area contributed by atoms with Crippen molar-refractivity contribution >= 4 is 27.5 Å². The van der Waals surface area contributed by atoms with Gasteiger partial charge in [0, 0.05) is 10.9 Å². The standard InChI is InChI=1S/C17H16BrClO2/c1-11-3-5-14(18)13(9-11)17(19)12-4-6-15-16(10-12)21-8-2-7-20-15/h3-6,9-10,17H,2,7-8H2,1H3. The van der Waals surface area contributed by atoms with E-state index in [0.717, 1.165) is 33.5 Å². The summed E-state index contributed by atoms with van der Waals surface area (Å²) in [5.74, 6) is 1.57. The Balaban J connectivity index is 1.96. The van der Waals surface area contributed by atoms with Crippen LogP contribution in [0.3, 0.4) is 0 Å². The first kappa shape index (κ1) is 14.7. The van der Waals surface area contributed by atoms with Crippen LogP contribution in [0.4, 0.5) is 0 Å². The topological polar surface area (TPSA) is 18.5 Å². The Hall–Kier alpha value is -1.19. The molecule has 110 valence electrons. The molecule has 0 saturated carbocycles. The molecule has 0 N–H and O–H groups in total. The van der Waals surface area contributed by atoms with Gasteiger partial charge in [0.05, 0.1) is 18.6 Å². The largest absolute Gasteiger partial charge is 0.490 e. The number of halogens is 2. The summed E-state index contributed by atoms with van der Waals surface area (Å²) < 4.78 is 12.4. The number of benzene rings is 2. The summed E-state index contributed by atoms with van der Waals surface area (Å²) in [6.07, 6.45) is 0.901. The third-order valence-corrected chi connectivity index (χ3v) is 4.70. The van der Waals surface area contributed by atoms with Crippen molar-refractivity contribution in [1.82, 2.24) is 0 Å². The molecule has 0 saturated heterocycles. The van der Waals surface area contributed by atoms with Crippen LogP contribution < -0.4 is 9.47 Å². The van der Waals surface area contributed by atoms with Gasteiger partial charge in [0.25, 0.3) is 0 Å². The van der Waals surface area contributed by atoms with Gasteiger partial charge < -0.3 is 9.47 Å². The molecular formula is C17H16BrClO2. The van der Waals surface area contributed by atoms with Gasteiger partial charge in [-0.1, -0.05) is 39.7 Å². The van der Waals surface area contributed by atoms with E-state index in [9.17, 15) is 0 Å². The van der Waals surface area contributed by atoms with Gasteiger partial charge in [-0.05, 0) is 36.2 Å². The number of rotatable bonds is 2. The summed E-state index contributed by atoms with van der Waals surface area (Å²) in [5, 5.41) is -0.226. The summed E-state index contributed by atoms with van der Waals surface area (Å²) in [6.45, 7) is 3.44. The monoisotopic (exact) mass is 366 g/mol. The highest BCUT2D eigenvalue weighted by Gasteiger charge is 2.18. The lowest BCUT2D eigenvalue weighted by Gasteiger charge is -2.15. The molecule has 1 aliphatic heterocycles. The molecule has 0 amide bonds. The van der Waals surface area contributed by atoms with Gasteiger partial charge in [-0.15, -0.1) is 11.6 Å². The van der Waals surface area contributed by atoms with Gasteiger partial charge in [-0.25, -0.2) is 0 Å². The van der Waals surface area contributed by atoms with E-state index < -0.39 is 0 Å². The molecule has 0 fully saturated rings. The molecule has 1 atom stereocenters. The average Bonchev–Trinajstić information content (AvgIpc) is 2.73. The van der Waals surface area contributed by atoms with Crippen molar-refractivity contribution in [3.63, 3.8) is 0 Å². The van der Waals surface area contributed by atoms with Crippen molar-refractivity contribution in [2.24, 2.45) is 0 Å². The molecule has 0 aromatic heterocycles. The van der Waals surface area contributed by atoms with Crippen molar-refractivity contribution in [2.75, 3.05) is 13.2 Å². The normalized spacial score (nSPS) is 15.4. The van der Waals surface area contributed by atoms with E-state index in [-0.39, 0.29) is 5.38 Å². The third-order valence-electron chi connectivity index (χ3n) is 3.49. The molecular weight excluding hydrogens is 352 g/mol. The van der Waals surface area contributed by atoms with Crippen molar-refractivity contribution in [2.45, 2.75) is 18.7 Å². The van der Waals surface area contributed by atoms with Gasteiger partial charge in [-0.2, -0.15) is 0 Å². The van der Waals surface area contributed by atoms with Crippen LogP contribution in [0, 0.1) is 6.92 Å². The second-order valence-electron chi connectivity index (χ2n) is 5.14. The maximum atomic E-state index is 6.67. The minimum atomic E-state index is -0.226. The van der Waals surface area contributed by atoms with Crippen LogP contribution in [0.1, 0.15) is 28.5 Å². The van der Waals surface area contributed by atoms with E-state index in [1.54, 1.807) is 0 Å². The van der Waals surface area contributed by atoms with E-state index in [1.165, 1.54) is 5.56 Å². The van der Waals surface area contributed by atoms with Crippen LogP contribution in [-0.2, 0) is 0 Å². The first-order valence-corrected chi connectivity index (χ1v) is 8.18. The molecule has 1 aliphatic rings. The Kier molecular flexibility index (Phi) is 4.41. The van der Waals surface area contributed by atoms with Gasteiger partial charge in [0.15, 0.2) is 11.5 Å². The van der Waals surface area contributed by atoms with Crippen molar-refractivity contribution in [3.05, 3.63) is 57.6 Å². The molecule has 2 aromatic rings. The highest BCUT2D eigenvalue weighted by atomic mass is 79.9. The summed E-state index contributed by atoms with van der Waals surface area (Å²) in [4.78, 5) is 0. The van der Waals surface area contributed by atoms with Gasteiger partial charge in [0.1, 0.15) is 0 Å². The molecule has 0 aliphatic carbocycles. The lowest BCUT2D eigenvalue weighted by molar-refractivity contribution is 0.297. The molecule has 21 heavy (non-hydrogen) atoms. The lowest BCUT2D eigenvalue weighted by atomic mass is 10.0. The van der Waals surface area contributed by atoms with Crippen LogP contribution in [0.25, 0.3) is 0 Å². The zero-order valence-corrected chi connectivity index (χ0v) is 14.1. The first-order chi connectivity index (χ1) is 10.1. The Labute approximate surface area is 138 Å². The second-order valence-corrected chi connectivity index (χ2v) is 6.43. The number of ether oxygens (including phenoxy) is 2. The number of alkyl halides is 1. The fraction of sp³-hybridized carbons (Fsp3) is 0.294. The Morgan fingerprint density at radius 2 is 1.81 bits per heavy atom. The summed E-state index contributed by atoms with van der Waals surface area (Å²) in [5.41, 5.74) is 3.26. The van der Waals surface area contributed by atoms with E-state index >= 15 is 0 Å². The van der Waals surface area contributed by atoms with Crippen molar-refractivity contribution in [1.29, 1.82) is 0 Å². The summed E-state index contributed by atoms with van der Waals surface area (Å²) >= 11 is 10.2. The SMILES string of the molecule is Cc1ccc(Br)c(C(Cl)c2ccc3c(c2)OCCCO3)c1. The highest BCUT2D eigenvalue weighted by molar-refractivity contribution is 9.10. The minimum absolute atomic E-state index is 0.226. The molecule has 2 aromatic carbocycles. The molecule has 1 heterocycles. The maximum absolute atomic E-state index is 6.67. The van der Waals surface area contributed by atoms with Crippen LogP contribution in [-0.4, -0.2) is 13.2 Å². The van der Waals surface area contributed by atoms with E-state index in [1.807, 2.05) is 24.3 Å². The number of aryl methyl sites for hydroxylation is 1. The van der Waals surface area contributed by atoms with Crippen molar-refractivity contribution in [3.8, 4) is 11.5 Å². The zero-order chi connectivity index (χ0) is 14.8. The highest BCUT2D eigenvalue weighted by Crippen LogP contribution is 2.39. The molecule has 0 spiro atoms. The smallest absolute Gasteiger partial charge is 0.161 e. The fourth-order valence-corrected chi connectivity index (χ4v) is 3.30. The quantitative estimate of drug-likeness (QED) is 0.675. The van der Waals surface area contributed by atoms with Crippen LogP contribution in [0.5, 0.6) is 11.5 Å². The van der Waals surface area contributed by atoms with Crippen LogP contribution in [0.2, 0.25) is 0 Å². The molecule has 0 bridgehead atoms. The molecule has 0 radical (unpaired) electrons. The first-order valence-electron chi connectivity index (χ1n) is 6.95. The lowest BCUT2D eigenvalue weighted by Crippen LogP contribution is -1.98. The number of hydrogen-bond acceptors (Lipinski definition) is 2. The fourth-order valence-electron chi connectivity index (χ4n) is 2.37. The Bertz CT molecular complexity index is 657. The van der Waals surface area contributed by atoms with Crippen LogP contribution >= 0.6 is 27.5 Å².